The average Bonchev–Trinajstić information content (AvgIpc) is 2.50. The topological polar surface area (TPSA) is 55.4 Å². The van der Waals surface area contributed by atoms with Gasteiger partial charge < -0.3 is 10.1 Å². The van der Waals surface area contributed by atoms with E-state index in [1.807, 2.05) is 12.1 Å². The van der Waals surface area contributed by atoms with Crippen LogP contribution in [0.25, 0.3) is 0 Å². The Labute approximate surface area is 149 Å². The van der Waals surface area contributed by atoms with Gasteiger partial charge in [0.1, 0.15) is 5.82 Å². The van der Waals surface area contributed by atoms with E-state index in [1.165, 1.54) is 12.1 Å². The van der Waals surface area contributed by atoms with E-state index in [0.29, 0.717) is 4.47 Å². The summed E-state index contributed by atoms with van der Waals surface area (Å²) in [6.45, 7) is -0.467. The van der Waals surface area contributed by atoms with Crippen molar-refractivity contribution in [2.75, 3.05) is 11.9 Å². The second-order valence-corrected chi connectivity index (χ2v) is 6.47. The maximum absolute atomic E-state index is 13.6. The van der Waals surface area contributed by atoms with Crippen LogP contribution in [0.1, 0.15) is 5.56 Å². The number of benzene rings is 2. The van der Waals surface area contributed by atoms with Crippen LogP contribution < -0.4 is 5.32 Å². The monoisotopic (exact) mass is 443 g/mol. The predicted octanol–water partition coefficient (Wildman–Crippen LogP) is 4.08. The number of ether oxygens (including phenoxy) is 1. The molecule has 0 aromatic heterocycles. The largest absolute Gasteiger partial charge is 0.455 e. The van der Waals surface area contributed by atoms with E-state index in [9.17, 15) is 14.0 Å². The van der Waals surface area contributed by atoms with E-state index in [0.717, 1.165) is 10.0 Å². The summed E-state index contributed by atoms with van der Waals surface area (Å²) in [6, 6.07) is 11.4. The molecule has 1 amide bonds. The van der Waals surface area contributed by atoms with Crippen LogP contribution in [0.3, 0.4) is 0 Å². The molecule has 2 aromatic carbocycles. The highest BCUT2D eigenvalue weighted by Gasteiger charge is 2.11. The summed E-state index contributed by atoms with van der Waals surface area (Å²) in [5.41, 5.74) is 0.805. The highest BCUT2D eigenvalue weighted by atomic mass is 79.9. The van der Waals surface area contributed by atoms with Crippen molar-refractivity contribution in [2.45, 2.75) is 6.42 Å². The molecular weight excluding hydrogens is 433 g/mol. The first-order valence-electron chi connectivity index (χ1n) is 6.59. The molecule has 0 bridgehead atoms. The Morgan fingerprint density at radius 2 is 1.70 bits per heavy atom. The molecule has 1 N–H and O–H groups in total. The minimum Gasteiger partial charge on any atom is -0.455 e. The van der Waals surface area contributed by atoms with E-state index in [4.69, 9.17) is 4.74 Å². The second-order valence-electron chi connectivity index (χ2n) is 4.64. The fraction of sp³-hybridized carbons (Fsp3) is 0.125. The van der Waals surface area contributed by atoms with Crippen LogP contribution in [0, 0.1) is 5.82 Å². The van der Waals surface area contributed by atoms with Crippen molar-refractivity contribution in [3.8, 4) is 0 Å². The van der Waals surface area contributed by atoms with Crippen molar-refractivity contribution in [3.05, 3.63) is 62.8 Å². The van der Waals surface area contributed by atoms with Crippen molar-refractivity contribution in [1.29, 1.82) is 0 Å². The highest BCUT2D eigenvalue weighted by molar-refractivity contribution is 9.10. The van der Waals surface area contributed by atoms with Crippen LogP contribution in [0.5, 0.6) is 0 Å². The Balaban J connectivity index is 1.81. The molecule has 0 heterocycles. The Morgan fingerprint density at radius 1 is 1.04 bits per heavy atom. The van der Waals surface area contributed by atoms with Gasteiger partial charge in [0.05, 0.1) is 12.1 Å². The van der Waals surface area contributed by atoms with E-state index in [1.54, 1.807) is 18.2 Å². The van der Waals surface area contributed by atoms with Crippen molar-refractivity contribution in [3.63, 3.8) is 0 Å². The fourth-order valence-electron chi connectivity index (χ4n) is 1.74. The first kappa shape index (κ1) is 17.6. The van der Waals surface area contributed by atoms with Crippen LogP contribution in [0.4, 0.5) is 10.1 Å². The Hall–Kier alpha value is -1.73. The summed E-state index contributed by atoms with van der Waals surface area (Å²) in [5, 5.41) is 2.35. The summed E-state index contributed by atoms with van der Waals surface area (Å²) < 4.78 is 19.9. The van der Waals surface area contributed by atoms with Gasteiger partial charge in [-0.05, 0) is 35.9 Å². The van der Waals surface area contributed by atoms with Gasteiger partial charge in [0.2, 0.25) is 0 Å². The molecule has 0 fully saturated rings. The van der Waals surface area contributed by atoms with E-state index < -0.39 is 24.3 Å². The number of hydrogen-bond donors (Lipinski definition) is 1. The van der Waals surface area contributed by atoms with Gasteiger partial charge in [-0.25, -0.2) is 4.39 Å². The van der Waals surface area contributed by atoms with Gasteiger partial charge >= 0.3 is 5.97 Å². The molecule has 0 aliphatic carbocycles. The first-order chi connectivity index (χ1) is 10.9. The molecule has 7 heteroatoms. The van der Waals surface area contributed by atoms with E-state index >= 15 is 0 Å². The highest BCUT2D eigenvalue weighted by Crippen LogP contribution is 2.19. The lowest BCUT2D eigenvalue weighted by molar-refractivity contribution is -0.146. The van der Waals surface area contributed by atoms with Gasteiger partial charge in [-0.1, -0.05) is 44.0 Å². The summed E-state index contributed by atoms with van der Waals surface area (Å²) in [6.07, 6.45) is 0.0627. The number of halogens is 3. The molecule has 120 valence electrons. The lowest BCUT2D eigenvalue weighted by atomic mass is 10.2. The molecular formula is C16H12Br2FNO3. The number of rotatable bonds is 5. The third-order valence-electron chi connectivity index (χ3n) is 2.83. The SMILES string of the molecule is O=C(COC(=O)Cc1ccc(Br)cc1)Nc1ccc(Br)cc1F. The first-order valence-corrected chi connectivity index (χ1v) is 8.17. The summed E-state index contributed by atoms with van der Waals surface area (Å²) in [7, 11) is 0. The predicted molar refractivity (Wildman–Crippen MR) is 91.5 cm³/mol. The van der Waals surface area contributed by atoms with Gasteiger partial charge in [-0.15, -0.1) is 0 Å². The van der Waals surface area contributed by atoms with Crippen LogP contribution in [-0.4, -0.2) is 18.5 Å². The molecule has 0 unspecified atom stereocenters. The van der Waals surface area contributed by atoms with Gasteiger partial charge in [0.25, 0.3) is 5.91 Å². The van der Waals surface area contributed by atoms with Crippen LogP contribution in [0.2, 0.25) is 0 Å². The average molecular weight is 445 g/mol. The second kappa shape index (κ2) is 8.21. The van der Waals surface area contributed by atoms with Gasteiger partial charge in [-0.3, -0.25) is 9.59 Å². The molecule has 0 aliphatic heterocycles. The Morgan fingerprint density at radius 3 is 2.35 bits per heavy atom. The Kier molecular flexibility index (Phi) is 6.29. The number of carbonyl (C=O) groups excluding carboxylic acids is 2. The van der Waals surface area contributed by atoms with Gasteiger partial charge in [0, 0.05) is 8.95 Å². The fourth-order valence-corrected chi connectivity index (χ4v) is 2.34. The number of hydrogen-bond acceptors (Lipinski definition) is 3. The normalized spacial score (nSPS) is 10.2. The molecule has 23 heavy (non-hydrogen) atoms. The molecule has 0 atom stereocenters. The van der Waals surface area contributed by atoms with Crippen molar-refractivity contribution >= 4 is 49.4 Å². The smallest absolute Gasteiger partial charge is 0.310 e. The van der Waals surface area contributed by atoms with Crippen molar-refractivity contribution < 1.29 is 18.7 Å². The van der Waals surface area contributed by atoms with Crippen LogP contribution in [-0.2, 0) is 20.7 Å². The number of esters is 1. The molecule has 0 spiro atoms. The lowest BCUT2D eigenvalue weighted by Crippen LogP contribution is -2.22. The van der Waals surface area contributed by atoms with E-state index in [-0.39, 0.29) is 12.1 Å². The lowest BCUT2D eigenvalue weighted by Gasteiger charge is -2.08. The quantitative estimate of drug-likeness (QED) is 0.707. The summed E-state index contributed by atoms with van der Waals surface area (Å²) >= 11 is 6.42. The zero-order valence-electron chi connectivity index (χ0n) is 11.8. The molecule has 2 aromatic rings. The van der Waals surface area contributed by atoms with Gasteiger partial charge in [0.15, 0.2) is 6.61 Å². The molecule has 0 aliphatic rings. The summed E-state index contributed by atoms with van der Waals surface area (Å²) in [5.74, 6) is -1.71. The standard InChI is InChI=1S/C16H12Br2FNO3/c17-11-3-1-10(2-4-11)7-16(22)23-9-15(21)20-14-6-5-12(18)8-13(14)19/h1-6,8H,7,9H2,(H,20,21). The zero-order valence-corrected chi connectivity index (χ0v) is 15.0. The summed E-state index contributed by atoms with van der Waals surface area (Å²) in [4.78, 5) is 23.3. The number of amides is 1. The molecule has 4 nitrogen and oxygen atoms in total. The maximum atomic E-state index is 13.6. The zero-order chi connectivity index (χ0) is 16.8. The van der Waals surface area contributed by atoms with Gasteiger partial charge in [-0.2, -0.15) is 0 Å². The van der Waals surface area contributed by atoms with Crippen molar-refractivity contribution in [1.82, 2.24) is 0 Å². The maximum Gasteiger partial charge on any atom is 0.310 e. The molecule has 0 saturated heterocycles. The number of carbonyl (C=O) groups is 2. The van der Waals surface area contributed by atoms with Crippen LogP contribution in [0.15, 0.2) is 51.4 Å². The molecule has 0 saturated carbocycles. The number of nitrogens with one attached hydrogen (secondary N) is 1. The third kappa shape index (κ3) is 5.76. The minimum atomic E-state index is -0.602. The van der Waals surface area contributed by atoms with Crippen LogP contribution >= 0.6 is 31.9 Å². The Bertz CT molecular complexity index is 720. The number of anilines is 1. The third-order valence-corrected chi connectivity index (χ3v) is 3.85. The minimum absolute atomic E-state index is 0.0298. The molecule has 0 radical (unpaired) electrons. The molecule has 2 rings (SSSR count). The van der Waals surface area contributed by atoms with E-state index in [2.05, 4.69) is 37.2 Å². The van der Waals surface area contributed by atoms with Crippen molar-refractivity contribution in [2.24, 2.45) is 0 Å².